The molecule has 0 radical (unpaired) electrons. The molecule has 0 fully saturated rings. The van der Waals surface area contributed by atoms with Gasteiger partial charge in [-0.1, -0.05) is 29.8 Å². The van der Waals surface area contributed by atoms with Crippen LogP contribution in [0.3, 0.4) is 0 Å². The Kier molecular flexibility index (Phi) is 2.27. The van der Waals surface area contributed by atoms with Crippen LogP contribution in [0.25, 0.3) is 0 Å². The Labute approximate surface area is 103 Å². The number of carbonyl (C=O) groups is 1. The number of amides is 1. The van der Waals surface area contributed by atoms with E-state index in [0.717, 1.165) is 17.1 Å². The van der Waals surface area contributed by atoms with Gasteiger partial charge in [-0.05, 0) is 24.3 Å². The maximum Gasteiger partial charge on any atom is 0.259 e. The summed E-state index contributed by atoms with van der Waals surface area (Å²) in [5.41, 5.74) is 2.82. The number of rotatable bonds is 0. The molecule has 17 heavy (non-hydrogen) atoms. The molecule has 0 atom stereocenters. The molecule has 0 spiro atoms. The molecular formula is C13H9ClN2O. The average Bonchev–Trinajstić information content (AvgIpc) is 2.45. The van der Waals surface area contributed by atoms with Crippen LogP contribution in [0.15, 0.2) is 42.5 Å². The Morgan fingerprint density at radius 1 is 0.824 bits per heavy atom. The lowest BCUT2D eigenvalue weighted by Gasteiger charge is -2.07. The van der Waals surface area contributed by atoms with Gasteiger partial charge in [0.05, 0.1) is 27.6 Å². The smallest absolute Gasteiger partial charge is 0.259 e. The second kappa shape index (κ2) is 3.79. The molecule has 1 aliphatic rings. The SMILES string of the molecule is O=C1Nc2ccccc2Nc2cccc(Cl)c21. The second-order valence-electron chi connectivity index (χ2n) is 3.79. The van der Waals surface area contributed by atoms with Gasteiger partial charge < -0.3 is 10.6 Å². The molecular weight excluding hydrogens is 236 g/mol. The monoisotopic (exact) mass is 244 g/mol. The molecule has 0 aromatic heterocycles. The molecule has 4 heteroatoms. The summed E-state index contributed by atoms with van der Waals surface area (Å²) in [5.74, 6) is -0.192. The highest BCUT2D eigenvalue weighted by molar-refractivity contribution is 6.35. The number of carbonyl (C=O) groups excluding carboxylic acids is 1. The second-order valence-corrected chi connectivity index (χ2v) is 4.19. The predicted molar refractivity (Wildman–Crippen MR) is 69.1 cm³/mol. The van der Waals surface area contributed by atoms with Crippen molar-refractivity contribution >= 4 is 34.6 Å². The van der Waals surface area contributed by atoms with E-state index in [1.54, 1.807) is 6.07 Å². The van der Waals surface area contributed by atoms with Crippen LogP contribution in [0.1, 0.15) is 10.4 Å². The minimum Gasteiger partial charge on any atom is -0.353 e. The predicted octanol–water partition coefficient (Wildman–Crippen LogP) is 3.65. The molecule has 0 aliphatic carbocycles. The number of halogens is 1. The van der Waals surface area contributed by atoms with Crippen LogP contribution in [0.4, 0.5) is 17.1 Å². The quantitative estimate of drug-likeness (QED) is 0.743. The molecule has 2 aromatic rings. The summed E-state index contributed by atoms with van der Waals surface area (Å²) in [6.45, 7) is 0. The molecule has 3 nitrogen and oxygen atoms in total. The van der Waals surface area contributed by atoms with Crippen molar-refractivity contribution < 1.29 is 4.79 Å². The molecule has 0 unspecified atom stereocenters. The van der Waals surface area contributed by atoms with Crippen molar-refractivity contribution in [3.8, 4) is 0 Å². The third kappa shape index (κ3) is 1.65. The highest BCUT2D eigenvalue weighted by atomic mass is 35.5. The fraction of sp³-hybridized carbons (Fsp3) is 0. The third-order valence-corrected chi connectivity index (χ3v) is 3.00. The zero-order valence-electron chi connectivity index (χ0n) is 8.83. The highest BCUT2D eigenvalue weighted by Crippen LogP contribution is 2.34. The van der Waals surface area contributed by atoms with Crippen molar-refractivity contribution in [2.75, 3.05) is 10.6 Å². The molecule has 0 saturated heterocycles. The number of para-hydroxylation sites is 2. The minimum atomic E-state index is -0.192. The number of hydrogen-bond acceptors (Lipinski definition) is 2. The average molecular weight is 245 g/mol. The maximum absolute atomic E-state index is 12.1. The van der Waals surface area contributed by atoms with Crippen LogP contribution in [-0.4, -0.2) is 5.91 Å². The molecule has 3 rings (SSSR count). The van der Waals surface area contributed by atoms with E-state index in [2.05, 4.69) is 10.6 Å². The van der Waals surface area contributed by atoms with E-state index in [1.165, 1.54) is 0 Å². The standard InChI is InChI=1S/C13H9ClN2O/c14-8-4-3-7-11-12(8)13(17)16-10-6-2-1-5-9(10)15-11/h1-7,15H,(H,16,17). The molecule has 84 valence electrons. The minimum absolute atomic E-state index is 0.192. The summed E-state index contributed by atoms with van der Waals surface area (Å²) in [6.07, 6.45) is 0. The summed E-state index contributed by atoms with van der Waals surface area (Å²) in [5, 5.41) is 6.48. The topological polar surface area (TPSA) is 41.1 Å². The summed E-state index contributed by atoms with van der Waals surface area (Å²) < 4.78 is 0. The first-order valence-electron chi connectivity index (χ1n) is 5.21. The van der Waals surface area contributed by atoms with Crippen molar-refractivity contribution in [2.45, 2.75) is 0 Å². The van der Waals surface area contributed by atoms with Crippen molar-refractivity contribution in [2.24, 2.45) is 0 Å². The highest BCUT2D eigenvalue weighted by Gasteiger charge is 2.20. The van der Waals surface area contributed by atoms with Crippen LogP contribution in [0.5, 0.6) is 0 Å². The van der Waals surface area contributed by atoms with Crippen molar-refractivity contribution in [1.82, 2.24) is 0 Å². The Morgan fingerprint density at radius 3 is 2.24 bits per heavy atom. The molecule has 1 heterocycles. The molecule has 2 aromatic carbocycles. The molecule has 0 saturated carbocycles. The van der Waals surface area contributed by atoms with E-state index < -0.39 is 0 Å². The van der Waals surface area contributed by atoms with Gasteiger partial charge in [-0.2, -0.15) is 0 Å². The Bertz CT molecular complexity index is 610. The van der Waals surface area contributed by atoms with Gasteiger partial charge in [-0.3, -0.25) is 4.79 Å². The van der Waals surface area contributed by atoms with Crippen molar-refractivity contribution in [3.63, 3.8) is 0 Å². The third-order valence-electron chi connectivity index (χ3n) is 2.69. The molecule has 2 N–H and O–H groups in total. The van der Waals surface area contributed by atoms with Gasteiger partial charge in [-0.25, -0.2) is 0 Å². The van der Waals surface area contributed by atoms with Crippen LogP contribution >= 0.6 is 11.6 Å². The lowest BCUT2D eigenvalue weighted by atomic mass is 10.1. The zero-order valence-corrected chi connectivity index (χ0v) is 9.58. The number of benzene rings is 2. The van der Waals surface area contributed by atoms with E-state index in [9.17, 15) is 4.79 Å². The van der Waals surface area contributed by atoms with Crippen molar-refractivity contribution in [3.05, 3.63) is 53.1 Å². The number of fused-ring (bicyclic) bond motifs is 2. The number of anilines is 3. The van der Waals surface area contributed by atoms with Gasteiger partial charge in [0.1, 0.15) is 0 Å². The van der Waals surface area contributed by atoms with Gasteiger partial charge in [-0.15, -0.1) is 0 Å². The summed E-state index contributed by atoms with van der Waals surface area (Å²) >= 11 is 6.05. The largest absolute Gasteiger partial charge is 0.353 e. The Morgan fingerprint density at radius 2 is 1.47 bits per heavy atom. The first-order valence-corrected chi connectivity index (χ1v) is 5.59. The van der Waals surface area contributed by atoms with Gasteiger partial charge in [0, 0.05) is 0 Å². The number of hydrogen-bond donors (Lipinski definition) is 2. The summed E-state index contributed by atoms with van der Waals surface area (Å²) in [4.78, 5) is 12.1. The van der Waals surface area contributed by atoms with Gasteiger partial charge in [0.15, 0.2) is 0 Å². The molecule has 1 amide bonds. The lowest BCUT2D eigenvalue weighted by molar-refractivity contribution is 0.102. The van der Waals surface area contributed by atoms with Gasteiger partial charge in [0.25, 0.3) is 5.91 Å². The van der Waals surface area contributed by atoms with Gasteiger partial charge in [0.2, 0.25) is 0 Å². The summed E-state index contributed by atoms with van der Waals surface area (Å²) in [7, 11) is 0. The van der Waals surface area contributed by atoms with E-state index in [4.69, 9.17) is 11.6 Å². The van der Waals surface area contributed by atoms with Crippen LogP contribution < -0.4 is 10.6 Å². The normalized spacial score (nSPS) is 12.9. The van der Waals surface area contributed by atoms with Crippen molar-refractivity contribution in [1.29, 1.82) is 0 Å². The first kappa shape index (κ1) is 10.2. The fourth-order valence-electron chi connectivity index (χ4n) is 1.89. The van der Waals surface area contributed by atoms with Crippen LogP contribution in [-0.2, 0) is 0 Å². The first-order chi connectivity index (χ1) is 8.25. The molecule has 0 bridgehead atoms. The van der Waals surface area contributed by atoms with E-state index >= 15 is 0 Å². The maximum atomic E-state index is 12.1. The van der Waals surface area contributed by atoms with Gasteiger partial charge >= 0.3 is 0 Å². The Balaban J connectivity index is 2.21. The van der Waals surface area contributed by atoms with E-state index in [0.29, 0.717) is 10.6 Å². The Hall–Kier alpha value is -2.00. The van der Waals surface area contributed by atoms with E-state index in [1.807, 2.05) is 36.4 Å². The molecule has 1 aliphatic heterocycles. The van der Waals surface area contributed by atoms with Crippen LogP contribution in [0.2, 0.25) is 5.02 Å². The van der Waals surface area contributed by atoms with E-state index in [-0.39, 0.29) is 5.91 Å². The van der Waals surface area contributed by atoms with Crippen LogP contribution in [0, 0.1) is 0 Å². The lowest BCUT2D eigenvalue weighted by Crippen LogP contribution is -2.11. The summed E-state index contributed by atoms with van der Waals surface area (Å²) in [6, 6.07) is 12.9. The fourth-order valence-corrected chi connectivity index (χ4v) is 2.15. The zero-order chi connectivity index (χ0) is 11.8. The number of nitrogens with one attached hydrogen (secondary N) is 2.